The normalized spacial score (nSPS) is 16.9. The molecule has 0 bridgehead atoms. The van der Waals surface area contributed by atoms with Crippen molar-refractivity contribution in [1.82, 2.24) is 0 Å². The van der Waals surface area contributed by atoms with Crippen LogP contribution in [0.2, 0.25) is 0 Å². The van der Waals surface area contributed by atoms with Gasteiger partial charge in [-0.3, -0.25) is 0 Å². The monoisotopic (exact) mass is 386 g/mol. The molecule has 0 saturated carbocycles. The zero-order valence-corrected chi connectivity index (χ0v) is 13.3. The maximum atomic E-state index is 13.2. The van der Waals surface area contributed by atoms with Gasteiger partial charge in [-0.2, -0.15) is 13.2 Å². The zero-order chi connectivity index (χ0) is 19.7. The molecule has 1 aliphatic heterocycles. The summed E-state index contributed by atoms with van der Waals surface area (Å²) in [6.45, 7) is 1.19. The van der Waals surface area contributed by atoms with E-state index < -0.39 is 47.4 Å². The molecule has 0 fully saturated rings. The number of esters is 1. The molecule has 0 saturated heterocycles. The molecule has 0 N–H and O–H groups in total. The highest BCUT2D eigenvalue weighted by Gasteiger charge is 2.49. The molecule has 0 aromatic heterocycles. The molecule has 1 heterocycles. The Bertz CT molecular complexity index is 722. The highest BCUT2D eigenvalue weighted by Crippen LogP contribution is 2.45. The Kier molecular flexibility index (Phi) is 5.28. The Labute approximate surface area is 143 Å². The van der Waals surface area contributed by atoms with Crippen LogP contribution < -0.4 is 14.2 Å². The Balaban J connectivity index is 2.58. The van der Waals surface area contributed by atoms with Gasteiger partial charge in [-0.05, 0) is 19.1 Å². The summed E-state index contributed by atoms with van der Waals surface area (Å²) in [6.07, 6.45) is -11.9. The van der Waals surface area contributed by atoms with Crippen molar-refractivity contribution in [3.05, 3.63) is 23.3 Å². The average molecular weight is 386 g/mol. The second-order valence-corrected chi connectivity index (χ2v) is 4.95. The number of ether oxygens (including phenoxy) is 4. The van der Waals surface area contributed by atoms with Gasteiger partial charge in [0.15, 0.2) is 11.5 Å². The van der Waals surface area contributed by atoms with Crippen molar-refractivity contribution in [2.45, 2.75) is 25.6 Å². The highest BCUT2D eigenvalue weighted by molar-refractivity contribution is 5.96. The first-order chi connectivity index (χ1) is 12.0. The van der Waals surface area contributed by atoms with Crippen LogP contribution in [0.1, 0.15) is 12.5 Å². The number of carbonyl (C=O) groups excluding carboxylic acids is 1. The maximum absolute atomic E-state index is 13.2. The third kappa shape index (κ3) is 4.33. The number of methoxy groups -OCH3 is 1. The van der Waals surface area contributed by atoms with E-state index in [1.54, 1.807) is 0 Å². The minimum absolute atomic E-state index is 0.200. The van der Waals surface area contributed by atoms with Crippen LogP contribution in [0.25, 0.3) is 6.08 Å². The van der Waals surface area contributed by atoms with Gasteiger partial charge in [0.2, 0.25) is 6.10 Å². The minimum Gasteiger partial charge on any atom is -0.493 e. The third-order valence-electron chi connectivity index (χ3n) is 3.15. The minimum atomic E-state index is -5.03. The van der Waals surface area contributed by atoms with Gasteiger partial charge in [-0.1, -0.05) is 0 Å². The molecule has 0 aliphatic carbocycles. The number of hydrogen-bond donors (Lipinski definition) is 0. The molecule has 0 radical (unpaired) electrons. The van der Waals surface area contributed by atoms with Crippen molar-refractivity contribution in [3.8, 4) is 17.2 Å². The van der Waals surface area contributed by atoms with Crippen LogP contribution in [0.3, 0.4) is 0 Å². The molecule has 0 spiro atoms. The lowest BCUT2D eigenvalue weighted by atomic mass is 10.0. The van der Waals surface area contributed by atoms with Gasteiger partial charge in [-0.15, -0.1) is 13.2 Å². The predicted molar refractivity (Wildman–Crippen MR) is 74.8 cm³/mol. The van der Waals surface area contributed by atoms with Crippen LogP contribution in [0, 0.1) is 0 Å². The zero-order valence-electron chi connectivity index (χ0n) is 13.3. The summed E-state index contributed by atoms with van der Waals surface area (Å²) >= 11 is 0. The van der Waals surface area contributed by atoms with Crippen LogP contribution >= 0.6 is 0 Å². The van der Waals surface area contributed by atoms with Gasteiger partial charge in [0.1, 0.15) is 5.75 Å². The quantitative estimate of drug-likeness (QED) is 0.581. The third-order valence-corrected chi connectivity index (χ3v) is 3.15. The predicted octanol–water partition coefficient (Wildman–Crippen LogP) is 3.86. The molecule has 144 valence electrons. The lowest BCUT2D eigenvalue weighted by Gasteiger charge is -2.29. The molecule has 1 aromatic carbocycles. The Morgan fingerprint density at radius 2 is 1.85 bits per heavy atom. The van der Waals surface area contributed by atoms with E-state index in [1.807, 2.05) is 0 Å². The summed E-state index contributed by atoms with van der Waals surface area (Å²) in [7, 11) is 1.03. The molecule has 11 heteroatoms. The summed E-state index contributed by atoms with van der Waals surface area (Å²) in [6, 6.07) is 1.50. The first-order valence-electron chi connectivity index (χ1n) is 7.06. The molecular weight excluding hydrogens is 374 g/mol. The maximum Gasteiger partial charge on any atom is 0.573 e. The van der Waals surface area contributed by atoms with E-state index in [1.165, 1.54) is 6.92 Å². The van der Waals surface area contributed by atoms with Crippen molar-refractivity contribution in [2.75, 3.05) is 13.7 Å². The van der Waals surface area contributed by atoms with Crippen molar-refractivity contribution in [1.29, 1.82) is 0 Å². The largest absolute Gasteiger partial charge is 0.573 e. The second kappa shape index (κ2) is 6.96. The van der Waals surface area contributed by atoms with E-state index >= 15 is 0 Å². The van der Waals surface area contributed by atoms with Crippen LogP contribution in [0.4, 0.5) is 26.3 Å². The van der Waals surface area contributed by atoms with Gasteiger partial charge in [0, 0.05) is 11.6 Å². The molecule has 1 unspecified atom stereocenters. The van der Waals surface area contributed by atoms with Crippen LogP contribution in [0.15, 0.2) is 17.7 Å². The fourth-order valence-electron chi connectivity index (χ4n) is 2.22. The number of rotatable bonds is 4. The lowest BCUT2D eigenvalue weighted by Crippen LogP contribution is -2.40. The topological polar surface area (TPSA) is 54.0 Å². The van der Waals surface area contributed by atoms with Gasteiger partial charge in [0.25, 0.3) is 0 Å². The fourth-order valence-corrected chi connectivity index (χ4v) is 2.22. The number of carbonyl (C=O) groups is 1. The number of alkyl halides is 6. The van der Waals surface area contributed by atoms with Gasteiger partial charge in [-0.25, -0.2) is 4.79 Å². The van der Waals surface area contributed by atoms with Gasteiger partial charge < -0.3 is 18.9 Å². The van der Waals surface area contributed by atoms with Gasteiger partial charge >= 0.3 is 18.5 Å². The molecule has 1 aromatic rings. The standard InChI is InChI=1S/C15H12F6O5/c1-3-24-13(22)9-5-7-4-8(26-15(19,20)21)6-10(23-2)11(7)25-12(9)14(16,17)18/h4-6,12H,3H2,1-2H3. The van der Waals surface area contributed by atoms with E-state index in [-0.39, 0.29) is 12.2 Å². The fraction of sp³-hybridized carbons (Fsp3) is 0.400. The SMILES string of the molecule is CCOC(=O)C1=Cc2cc(OC(F)(F)F)cc(OC)c2OC1C(F)(F)F. The number of fused-ring (bicyclic) bond motifs is 1. The number of hydrogen-bond acceptors (Lipinski definition) is 5. The molecular formula is C15H12F6O5. The van der Waals surface area contributed by atoms with E-state index in [4.69, 9.17) is 9.47 Å². The summed E-state index contributed by atoms with van der Waals surface area (Å²) in [4.78, 5) is 11.8. The van der Waals surface area contributed by atoms with Crippen molar-refractivity contribution >= 4 is 12.0 Å². The Morgan fingerprint density at radius 3 is 2.35 bits per heavy atom. The molecule has 1 aliphatic rings. The Hall–Kier alpha value is -2.59. The summed E-state index contributed by atoms with van der Waals surface area (Å²) in [5.41, 5.74) is -1.16. The summed E-state index contributed by atoms with van der Waals surface area (Å²) < 4.78 is 94.8. The van der Waals surface area contributed by atoms with Crippen LogP contribution in [-0.4, -0.2) is 38.3 Å². The van der Waals surface area contributed by atoms with Crippen molar-refractivity contribution < 1.29 is 50.1 Å². The van der Waals surface area contributed by atoms with E-state index in [0.717, 1.165) is 25.3 Å². The molecule has 5 nitrogen and oxygen atoms in total. The smallest absolute Gasteiger partial charge is 0.493 e. The first-order valence-corrected chi connectivity index (χ1v) is 7.06. The summed E-state index contributed by atoms with van der Waals surface area (Å²) in [5, 5.41) is 0. The number of halogens is 6. The second-order valence-electron chi connectivity index (χ2n) is 4.95. The van der Waals surface area contributed by atoms with E-state index in [0.29, 0.717) is 0 Å². The number of benzene rings is 1. The first kappa shape index (κ1) is 19.7. The van der Waals surface area contributed by atoms with Crippen LogP contribution in [-0.2, 0) is 9.53 Å². The Morgan fingerprint density at radius 1 is 1.19 bits per heavy atom. The molecule has 0 amide bonds. The van der Waals surface area contributed by atoms with Gasteiger partial charge in [0.05, 0.1) is 19.3 Å². The molecule has 1 atom stereocenters. The molecule has 26 heavy (non-hydrogen) atoms. The average Bonchev–Trinajstić information content (AvgIpc) is 2.50. The van der Waals surface area contributed by atoms with Crippen molar-refractivity contribution in [3.63, 3.8) is 0 Å². The van der Waals surface area contributed by atoms with Crippen molar-refractivity contribution in [2.24, 2.45) is 0 Å². The van der Waals surface area contributed by atoms with Crippen LogP contribution in [0.5, 0.6) is 17.2 Å². The van der Waals surface area contributed by atoms with E-state index in [9.17, 15) is 31.1 Å². The highest BCUT2D eigenvalue weighted by atomic mass is 19.4. The molecule has 2 rings (SSSR count). The summed E-state index contributed by atoms with van der Waals surface area (Å²) in [5.74, 6) is -2.95. The lowest BCUT2D eigenvalue weighted by molar-refractivity contribution is -0.274. The van der Waals surface area contributed by atoms with E-state index in [2.05, 4.69) is 9.47 Å².